The molecule has 1 aliphatic rings. The molecule has 0 bridgehead atoms. The van der Waals surface area contributed by atoms with E-state index in [9.17, 15) is 19.2 Å². The number of aromatic amines is 1. The molecular formula is C48H29N5O4. The number of rotatable bonds is 5. The average Bonchev–Trinajstić information content (AvgIpc) is 3.86. The number of para-hydroxylation sites is 4. The zero-order chi connectivity index (χ0) is 38.4. The Morgan fingerprint density at radius 2 is 0.772 bits per heavy atom. The Morgan fingerprint density at radius 1 is 0.368 bits per heavy atom. The van der Waals surface area contributed by atoms with Gasteiger partial charge in [0.05, 0.1) is 44.0 Å². The van der Waals surface area contributed by atoms with Gasteiger partial charge in [-0.1, -0.05) is 97.1 Å². The van der Waals surface area contributed by atoms with Gasteiger partial charge in [-0.15, -0.1) is 4.79 Å². The number of imide groups is 1. The van der Waals surface area contributed by atoms with Gasteiger partial charge in [0, 0.05) is 32.9 Å². The largest absolute Gasteiger partial charge is 0.309 e. The van der Waals surface area contributed by atoms with E-state index in [4.69, 9.17) is 0 Å². The quantitative estimate of drug-likeness (QED) is 0.179. The second-order valence-corrected chi connectivity index (χ2v) is 14.1. The first kappa shape index (κ1) is 32.4. The highest BCUT2D eigenvalue weighted by atomic mass is 16.2. The van der Waals surface area contributed by atoms with Gasteiger partial charge in [-0.05, 0) is 83.9 Å². The minimum absolute atomic E-state index is 0.0853. The van der Waals surface area contributed by atoms with Gasteiger partial charge in [0.25, 0.3) is 22.9 Å². The van der Waals surface area contributed by atoms with Crippen LogP contribution >= 0.6 is 0 Å². The molecule has 0 radical (unpaired) electrons. The van der Waals surface area contributed by atoms with Crippen LogP contribution in [0.5, 0.6) is 0 Å². The van der Waals surface area contributed by atoms with Crippen molar-refractivity contribution in [3.05, 3.63) is 202 Å². The molecule has 10 aromatic rings. The number of benzene rings is 7. The third-order valence-corrected chi connectivity index (χ3v) is 11.0. The van der Waals surface area contributed by atoms with E-state index in [0.29, 0.717) is 11.1 Å². The molecule has 1 N–H and O–H groups in total. The average molecular weight is 740 g/mol. The summed E-state index contributed by atoms with van der Waals surface area (Å²) in [5.41, 5.74) is 5.71. The molecule has 0 aliphatic carbocycles. The van der Waals surface area contributed by atoms with Crippen LogP contribution in [0.15, 0.2) is 179 Å². The maximum Gasteiger partial charge on any atom is 0.293 e. The molecule has 0 saturated carbocycles. The molecule has 0 saturated heterocycles. The van der Waals surface area contributed by atoms with Gasteiger partial charge in [0.1, 0.15) is 0 Å². The summed E-state index contributed by atoms with van der Waals surface area (Å²) in [6, 6.07) is 54.1. The first-order valence-corrected chi connectivity index (χ1v) is 18.5. The molecule has 0 atom stereocenters. The van der Waals surface area contributed by atoms with Gasteiger partial charge in [-0.25, -0.2) is 5.10 Å². The van der Waals surface area contributed by atoms with E-state index in [2.05, 4.69) is 26.4 Å². The second kappa shape index (κ2) is 12.2. The second-order valence-electron chi connectivity index (χ2n) is 14.1. The van der Waals surface area contributed by atoms with Crippen LogP contribution in [0, 0.1) is 0 Å². The van der Waals surface area contributed by atoms with Crippen molar-refractivity contribution in [2.45, 2.75) is 0 Å². The lowest BCUT2D eigenvalue weighted by Crippen LogP contribution is -2.50. The van der Waals surface area contributed by atoms with Crippen LogP contribution in [0.1, 0.15) is 11.1 Å². The molecule has 0 spiro atoms. The Bertz CT molecular complexity index is 3320. The summed E-state index contributed by atoms with van der Waals surface area (Å²) in [5.74, 6) is -1.47. The first-order chi connectivity index (χ1) is 28.0. The topological polar surface area (TPSA) is 102 Å². The third kappa shape index (κ3) is 4.69. The van der Waals surface area contributed by atoms with Gasteiger partial charge in [0.15, 0.2) is 0 Å². The number of hydrogen-bond donors (Lipinski definition) is 1. The number of carbonyl (C=O) groups is 2. The minimum atomic E-state index is -0.735. The van der Waals surface area contributed by atoms with Crippen molar-refractivity contribution in [2.24, 2.45) is 0 Å². The van der Waals surface area contributed by atoms with E-state index >= 15 is 0 Å². The molecule has 0 fully saturated rings. The maximum absolute atomic E-state index is 14.9. The van der Waals surface area contributed by atoms with Crippen molar-refractivity contribution in [2.75, 3.05) is 5.01 Å². The Balaban J connectivity index is 1.18. The van der Waals surface area contributed by atoms with Crippen molar-refractivity contribution in [1.29, 1.82) is 0 Å². The van der Waals surface area contributed by atoms with Crippen LogP contribution in [0.2, 0.25) is 0 Å². The van der Waals surface area contributed by atoms with Gasteiger partial charge in [-0.2, -0.15) is 5.01 Å². The fraction of sp³-hybridized carbons (Fsp3) is 0. The molecule has 0 unspecified atom stereocenters. The number of nitrogens with zero attached hydrogens (tertiary/aromatic N) is 4. The number of fused-ring (bicyclic) bond motifs is 7. The van der Waals surface area contributed by atoms with Crippen LogP contribution in [-0.2, 0) is 9.59 Å². The van der Waals surface area contributed by atoms with Crippen molar-refractivity contribution in [1.82, 2.24) is 19.0 Å². The predicted molar refractivity (Wildman–Crippen MR) is 225 cm³/mol. The number of amides is 2. The molecule has 9 nitrogen and oxygen atoms in total. The monoisotopic (exact) mass is 739 g/mol. The molecule has 4 heterocycles. The minimum Gasteiger partial charge on any atom is -0.309 e. The van der Waals surface area contributed by atoms with Crippen molar-refractivity contribution >= 4 is 77.3 Å². The molecule has 2 amide bonds. The van der Waals surface area contributed by atoms with E-state index in [1.807, 2.05) is 133 Å². The summed E-state index contributed by atoms with van der Waals surface area (Å²) >= 11 is 0. The molecule has 270 valence electrons. The van der Waals surface area contributed by atoms with E-state index in [1.165, 1.54) is 12.1 Å². The molecule has 3 aromatic heterocycles. The molecular weight excluding hydrogens is 711 g/mol. The Hall–Kier alpha value is -8.04. The van der Waals surface area contributed by atoms with Crippen molar-refractivity contribution < 1.29 is 9.59 Å². The van der Waals surface area contributed by atoms with Crippen molar-refractivity contribution in [3.8, 4) is 11.4 Å². The smallest absolute Gasteiger partial charge is 0.293 e. The molecule has 1 aliphatic heterocycles. The summed E-state index contributed by atoms with van der Waals surface area (Å²) in [4.78, 5) is 58.0. The lowest BCUT2D eigenvalue weighted by atomic mass is 9.94. The Kier molecular flexibility index (Phi) is 6.96. The van der Waals surface area contributed by atoms with Gasteiger partial charge in [0.2, 0.25) is 0 Å². The SMILES string of the molecule is O=C1C(c2ccc3c(c2)c2ccccc2n3-c2ccccc2)=C(c2ccc3c(c2)c2ccccc2n3-c2ccccc2)C(=O)N1n1[nH]c(=O)c2ccccc2c1=O. The standard InChI is InChI=1S/C48H29N5O4/c54-45-35-19-7-8-20-36(35)46(55)53(49-45)52-47(56)43(29-23-25-41-37(27-29)33-17-9-11-21-39(33)50(41)31-13-3-1-4-14-31)44(48(52)57)30-24-26-42-38(28-30)34-18-10-12-22-40(34)51(42)32-15-5-2-6-16-32/h1-28H,(H,49,54). The van der Waals surface area contributed by atoms with E-state index in [0.717, 1.165) is 64.8 Å². The van der Waals surface area contributed by atoms with E-state index in [1.54, 1.807) is 12.1 Å². The van der Waals surface area contributed by atoms with E-state index in [-0.39, 0.29) is 21.9 Å². The lowest BCUT2D eigenvalue weighted by molar-refractivity contribution is -0.122. The van der Waals surface area contributed by atoms with Crippen LogP contribution < -0.4 is 16.1 Å². The lowest BCUT2D eigenvalue weighted by Gasteiger charge is -2.17. The fourth-order valence-corrected chi connectivity index (χ4v) is 8.53. The number of carbonyl (C=O) groups excluding carboxylic acids is 2. The highest BCUT2D eigenvalue weighted by Gasteiger charge is 2.42. The molecule has 9 heteroatoms. The normalized spacial score (nSPS) is 13.4. The number of nitrogens with one attached hydrogen (secondary N) is 1. The third-order valence-electron chi connectivity index (χ3n) is 11.0. The van der Waals surface area contributed by atoms with Crippen LogP contribution in [-0.4, -0.2) is 30.8 Å². The van der Waals surface area contributed by atoms with Crippen LogP contribution in [0.4, 0.5) is 0 Å². The molecule has 57 heavy (non-hydrogen) atoms. The van der Waals surface area contributed by atoms with Gasteiger partial charge < -0.3 is 9.13 Å². The molecule has 7 aromatic carbocycles. The van der Waals surface area contributed by atoms with Gasteiger partial charge >= 0.3 is 0 Å². The highest BCUT2D eigenvalue weighted by molar-refractivity contribution is 6.55. The number of H-pyrrole nitrogens is 1. The van der Waals surface area contributed by atoms with Crippen LogP contribution in [0.3, 0.4) is 0 Å². The van der Waals surface area contributed by atoms with Crippen molar-refractivity contribution in [3.63, 3.8) is 0 Å². The van der Waals surface area contributed by atoms with Crippen LogP contribution in [0.25, 0.3) is 76.9 Å². The summed E-state index contributed by atoms with van der Waals surface area (Å²) in [5, 5.41) is 7.23. The summed E-state index contributed by atoms with van der Waals surface area (Å²) in [7, 11) is 0. The Labute approximate surface area is 323 Å². The maximum atomic E-state index is 14.9. The zero-order valence-corrected chi connectivity index (χ0v) is 30.1. The van der Waals surface area contributed by atoms with Gasteiger partial charge in [-0.3, -0.25) is 19.2 Å². The van der Waals surface area contributed by atoms with E-state index < -0.39 is 22.9 Å². The first-order valence-electron chi connectivity index (χ1n) is 18.5. The number of hydrogen-bond acceptors (Lipinski definition) is 4. The summed E-state index contributed by atoms with van der Waals surface area (Å²) in [6.07, 6.45) is 0. The predicted octanol–water partition coefficient (Wildman–Crippen LogP) is 8.50. The molecule has 11 rings (SSSR count). The number of aromatic nitrogens is 4. The summed E-state index contributed by atoms with van der Waals surface area (Å²) < 4.78 is 4.35. The zero-order valence-electron chi connectivity index (χ0n) is 30.1. The fourth-order valence-electron chi connectivity index (χ4n) is 8.53. The Morgan fingerprint density at radius 3 is 1.26 bits per heavy atom. The highest BCUT2D eigenvalue weighted by Crippen LogP contribution is 2.41. The summed E-state index contributed by atoms with van der Waals surface area (Å²) in [6.45, 7) is 0.